The summed E-state index contributed by atoms with van der Waals surface area (Å²) in [5.74, 6) is 0. The van der Waals surface area contributed by atoms with Gasteiger partial charge < -0.3 is 10.6 Å². The molecule has 0 aliphatic heterocycles. The van der Waals surface area contributed by atoms with E-state index in [1.54, 1.807) is 10.9 Å². The van der Waals surface area contributed by atoms with E-state index in [1.807, 2.05) is 0 Å². The molecule has 180 valence electrons. The van der Waals surface area contributed by atoms with Crippen LogP contribution in [0, 0.1) is 20.8 Å². The van der Waals surface area contributed by atoms with Crippen molar-refractivity contribution in [3.8, 4) is 0 Å². The third-order valence-electron chi connectivity index (χ3n) is 7.80. The molecule has 4 rings (SSSR count). The van der Waals surface area contributed by atoms with Crippen molar-refractivity contribution in [1.29, 1.82) is 0 Å². The Balaban J connectivity index is 1.39. The predicted molar refractivity (Wildman–Crippen MR) is 148 cm³/mol. The minimum atomic E-state index is -0.0409. The maximum absolute atomic E-state index is 3.77. The Morgan fingerprint density at radius 3 is 1.94 bits per heavy atom. The highest BCUT2D eigenvalue weighted by molar-refractivity contribution is 7.67. The largest absolute Gasteiger partial charge is 0.383 e. The van der Waals surface area contributed by atoms with E-state index in [0.717, 1.165) is 31.0 Å². The van der Waals surface area contributed by atoms with Crippen molar-refractivity contribution in [1.82, 2.24) is 5.32 Å². The number of aryl methyl sites for hydroxylation is 3. The molecular weight excluding hydrogens is 419 g/mol. The smallest absolute Gasteiger partial charge is 0.0400 e. The van der Waals surface area contributed by atoms with E-state index >= 15 is 0 Å². The van der Waals surface area contributed by atoms with Gasteiger partial charge in [0.25, 0.3) is 0 Å². The first kappa shape index (κ1) is 24.7. The van der Waals surface area contributed by atoms with Gasteiger partial charge in [0.05, 0.1) is 0 Å². The van der Waals surface area contributed by atoms with Crippen LogP contribution in [0.15, 0.2) is 36.4 Å². The fourth-order valence-electron chi connectivity index (χ4n) is 6.28. The molecule has 2 saturated carbocycles. The summed E-state index contributed by atoms with van der Waals surface area (Å²) < 4.78 is 0. The molecule has 2 aromatic carbocycles. The van der Waals surface area contributed by atoms with Gasteiger partial charge in [-0.2, -0.15) is 0 Å². The molecule has 0 atom stereocenters. The highest BCUT2D eigenvalue weighted by Gasteiger charge is 2.33. The Morgan fingerprint density at radius 2 is 1.33 bits per heavy atom. The minimum Gasteiger partial charge on any atom is -0.383 e. The van der Waals surface area contributed by atoms with Crippen molar-refractivity contribution >= 4 is 18.9 Å². The average molecular weight is 465 g/mol. The lowest BCUT2D eigenvalue weighted by atomic mass is 9.99. The summed E-state index contributed by atoms with van der Waals surface area (Å²) in [6.07, 6.45) is 14.7. The van der Waals surface area contributed by atoms with E-state index in [0.29, 0.717) is 0 Å². The van der Waals surface area contributed by atoms with Gasteiger partial charge in [-0.3, -0.25) is 0 Å². The Bertz CT molecular complexity index is 840. The van der Waals surface area contributed by atoms with Crippen LogP contribution in [-0.4, -0.2) is 24.4 Å². The van der Waals surface area contributed by atoms with Crippen molar-refractivity contribution in [2.45, 2.75) is 103 Å². The van der Waals surface area contributed by atoms with E-state index in [4.69, 9.17) is 0 Å². The second-order valence-electron chi connectivity index (χ2n) is 10.5. The van der Waals surface area contributed by atoms with E-state index < -0.39 is 0 Å². The molecule has 2 N–H and O–H groups in total. The summed E-state index contributed by atoms with van der Waals surface area (Å²) >= 11 is 0. The molecule has 2 aliphatic rings. The van der Waals surface area contributed by atoms with Crippen LogP contribution in [0.5, 0.6) is 0 Å². The van der Waals surface area contributed by atoms with Crippen LogP contribution in [0.4, 0.5) is 5.69 Å². The molecule has 0 unspecified atom stereocenters. The normalized spacial score (nSPS) is 18.1. The van der Waals surface area contributed by atoms with Gasteiger partial charge in [0.1, 0.15) is 0 Å². The fraction of sp³-hybridized carbons (Fsp3) is 0.600. The summed E-state index contributed by atoms with van der Waals surface area (Å²) in [6.45, 7) is 9.56. The zero-order valence-electron chi connectivity index (χ0n) is 21.3. The third kappa shape index (κ3) is 6.61. The second-order valence-corrected chi connectivity index (χ2v) is 13.3. The van der Waals surface area contributed by atoms with Gasteiger partial charge in [0, 0.05) is 25.3 Å². The summed E-state index contributed by atoms with van der Waals surface area (Å²) in [6, 6.07) is 14.0. The topological polar surface area (TPSA) is 24.1 Å². The second kappa shape index (κ2) is 12.4. The molecule has 2 aliphatic carbocycles. The summed E-state index contributed by atoms with van der Waals surface area (Å²) in [7, 11) is -0.0409. The number of hydrogen-bond acceptors (Lipinski definition) is 2. The Morgan fingerprint density at radius 1 is 0.758 bits per heavy atom. The van der Waals surface area contributed by atoms with Gasteiger partial charge in [-0.05, 0) is 79.8 Å². The highest BCUT2D eigenvalue weighted by Crippen LogP contribution is 2.55. The molecule has 3 heteroatoms. The molecule has 0 saturated heterocycles. The zero-order valence-corrected chi connectivity index (χ0v) is 22.2. The molecule has 2 nitrogen and oxygen atoms in total. The molecule has 0 radical (unpaired) electrons. The maximum Gasteiger partial charge on any atom is 0.0400 e. The van der Waals surface area contributed by atoms with Crippen LogP contribution in [-0.2, 0) is 6.54 Å². The number of anilines is 1. The summed E-state index contributed by atoms with van der Waals surface area (Å²) in [5, 5.41) is 9.18. The lowest BCUT2D eigenvalue weighted by Crippen LogP contribution is -2.30. The first-order valence-electron chi connectivity index (χ1n) is 13.5. The van der Waals surface area contributed by atoms with Crippen LogP contribution in [0.1, 0.15) is 86.5 Å². The number of nitrogens with one attached hydrogen (secondary N) is 2. The van der Waals surface area contributed by atoms with Gasteiger partial charge in [-0.1, -0.05) is 88.4 Å². The quantitative estimate of drug-likeness (QED) is 0.295. The Kier molecular flexibility index (Phi) is 9.27. The lowest BCUT2D eigenvalue weighted by Gasteiger charge is -2.39. The highest BCUT2D eigenvalue weighted by atomic mass is 31.1. The van der Waals surface area contributed by atoms with Crippen LogP contribution in [0.2, 0.25) is 0 Å². The molecule has 2 fully saturated rings. The maximum atomic E-state index is 3.77. The van der Waals surface area contributed by atoms with Crippen LogP contribution < -0.4 is 15.9 Å². The fourth-order valence-corrected chi connectivity index (χ4v) is 10.2. The van der Waals surface area contributed by atoms with Gasteiger partial charge in [-0.15, -0.1) is 0 Å². The van der Waals surface area contributed by atoms with Crippen molar-refractivity contribution in [3.05, 3.63) is 58.7 Å². The van der Waals surface area contributed by atoms with Gasteiger partial charge in [0.15, 0.2) is 0 Å². The molecule has 0 heterocycles. The van der Waals surface area contributed by atoms with Crippen LogP contribution >= 0.6 is 7.92 Å². The lowest BCUT2D eigenvalue weighted by molar-refractivity contribution is 0.487. The molecular formula is C30H45N2P. The first-order chi connectivity index (χ1) is 16.1. The van der Waals surface area contributed by atoms with E-state index in [-0.39, 0.29) is 7.92 Å². The molecule has 0 bridgehead atoms. The Labute approximate surface area is 204 Å². The predicted octanol–water partition coefficient (Wildman–Crippen LogP) is 7.59. The van der Waals surface area contributed by atoms with Crippen molar-refractivity contribution < 1.29 is 0 Å². The van der Waals surface area contributed by atoms with Crippen molar-refractivity contribution in [2.24, 2.45) is 0 Å². The molecule has 0 amide bonds. The van der Waals surface area contributed by atoms with Crippen LogP contribution in [0.25, 0.3) is 0 Å². The van der Waals surface area contributed by atoms with Gasteiger partial charge >= 0.3 is 0 Å². The van der Waals surface area contributed by atoms with E-state index in [2.05, 4.69) is 67.8 Å². The monoisotopic (exact) mass is 464 g/mol. The molecule has 0 spiro atoms. The van der Waals surface area contributed by atoms with Gasteiger partial charge in [-0.25, -0.2) is 0 Å². The summed E-state index contributed by atoms with van der Waals surface area (Å²) in [5.41, 5.74) is 8.85. The van der Waals surface area contributed by atoms with Crippen LogP contribution in [0.3, 0.4) is 0 Å². The summed E-state index contributed by atoms with van der Waals surface area (Å²) in [4.78, 5) is 0. The number of benzene rings is 2. The SMILES string of the molecule is Cc1cc(C)c(NCCNCc2ccccc2P(C2CCCCC2)C2CCCCC2)c(C)c1. The third-order valence-corrected chi connectivity index (χ3v) is 11.4. The average Bonchev–Trinajstić information content (AvgIpc) is 2.83. The van der Waals surface area contributed by atoms with E-state index in [9.17, 15) is 0 Å². The van der Waals surface area contributed by atoms with Crippen molar-refractivity contribution in [2.75, 3.05) is 18.4 Å². The molecule has 2 aromatic rings. The zero-order chi connectivity index (χ0) is 23.0. The van der Waals surface area contributed by atoms with Gasteiger partial charge in [0.2, 0.25) is 0 Å². The first-order valence-corrected chi connectivity index (χ1v) is 15.0. The number of hydrogen-bond donors (Lipinski definition) is 2. The molecule has 33 heavy (non-hydrogen) atoms. The Hall–Kier alpha value is -1.37. The minimum absolute atomic E-state index is 0.0409. The molecule has 0 aromatic heterocycles. The standard InChI is InChI=1S/C30H45N2P/c1-23-20-24(2)30(25(3)21-23)32-19-18-31-22-26-12-10-11-17-29(26)33(27-13-6-4-7-14-27)28-15-8-5-9-16-28/h10-12,17,20-21,27-28,31-32H,4-9,13-16,18-19,22H2,1-3H3. The van der Waals surface area contributed by atoms with E-state index in [1.165, 1.54) is 86.6 Å². The van der Waals surface area contributed by atoms with Crippen molar-refractivity contribution in [3.63, 3.8) is 0 Å². The number of rotatable bonds is 9.